The van der Waals surface area contributed by atoms with Crippen molar-refractivity contribution in [1.29, 1.82) is 0 Å². The van der Waals surface area contributed by atoms with E-state index in [1.165, 1.54) is 5.56 Å². The third kappa shape index (κ3) is 5.76. The summed E-state index contributed by atoms with van der Waals surface area (Å²) in [6.45, 7) is 6.49. The van der Waals surface area contributed by atoms with Crippen molar-refractivity contribution in [2.45, 2.75) is 33.1 Å². The molecule has 0 saturated carbocycles. The number of aromatic nitrogens is 1. The largest absolute Gasteiger partial charge is 0.497 e. The van der Waals surface area contributed by atoms with E-state index >= 15 is 0 Å². The van der Waals surface area contributed by atoms with Crippen LogP contribution in [0.25, 0.3) is 0 Å². The van der Waals surface area contributed by atoms with Gasteiger partial charge in [-0.15, -0.1) is 0 Å². The second-order valence-corrected chi connectivity index (χ2v) is 6.25. The second kappa shape index (κ2) is 10.4. The van der Waals surface area contributed by atoms with Crippen molar-refractivity contribution in [3.8, 4) is 5.75 Å². The van der Waals surface area contributed by atoms with Crippen molar-refractivity contribution >= 4 is 11.6 Å². The SMILES string of the molecule is CCCN(CCC)C(=O)c1cc(NCCc2ccc(OC)cc2)ccn1. The van der Waals surface area contributed by atoms with Crippen LogP contribution in [0.5, 0.6) is 5.75 Å². The molecule has 0 radical (unpaired) electrons. The highest BCUT2D eigenvalue weighted by atomic mass is 16.5. The molecule has 1 aromatic heterocycles. The highest BCUT2D eigenvalue weighted by Gasteiger charge is 2.15. The molecule has 0 atom stereocenters. The number of ether oxygens (including phenoxy) is 1. The zero-order chi connectivity index (χ0) is 18.8. The molecule has 2 rings (SSSR count). The summed E-state index contributed by atoms with van der Waals surface area (Å²) >= 11 is 0. The molecule has 0 fully saturated rings. The summed E-state index contributed by atoms with van der Waals surface area (Å²) in [5.41, 5.74) is 2.66. The van der Waals surface area contributed by atoms with Gasteiger partial charge in [-0.1, -0.05) is 26.0 Å². The topological polar surface area (TPSA) is 54.5 Å². The monoisotopic (exact) mass is 355 g/mol. The third-order valence-corrected chi connectivity index (χ3v) is 4.16. The van der Waals surface area contributed by atoms with Crippen LogP contribution in [0.15, 0.2) is 42.6 Å². The second-order valence-electron chi connectivity index (χ2n) is 6.25. The van der Waals surface area contributed by atoms with Gasteiger partial charge in [0.25, 0.3) is 5.91 Å². The van der Waals surface area contributed by atoms with Gasteiger partial charge < -0.3 is 15.0 Å². The maximum Gasteiger partial charge on any atom is 0.272 e. The first-order valence-electron chi connectivity index (χ1n) is 9.30. The lowest BCUT2D eigenvalue weighted by atomic mass is 10.1. The molecular formula is C21H29N3O2. The molecule has 1 amide bonds. The molecule has 0 saturated heterocycles. The van der Waals surface area contributed by atoms with Crippen molar-refractivity contribution < 1.29 is 9.53 Å². The van der Waals surface area contributed by atoms with Gasteiger partial charge in [0.2, 0.25) is 0 Å². The third-order valence-electron chi connectivity index (χ3n) is 4.16. The number of carbonyl (C=O) groups is 1. The lowest BCUT2D eigenvalue weighted by molar-refractivity contribution is 0.0749. The number of nitrogens with one attached hydrogen (secondary N) is 1. The van der Waals surface area contributed by atoms with E-state index in [0.717, 1.165) is 50.3 Å². The molecule has 5 nitrogen and oxygen atoms in total. The minimum absolute atomic E-state index is 0.00695. The zero-order valence-electron chi connectivity index (χ0n) is 16.0. The van der Waals surface area contributed by atoms with Gasteiger partial charge in [-0.25, -0.2) is 0 Å². The van der Waals surface area contributed by atoms with E-state index in [1.54, 1.807) is 13.3 Å². The van der Waals surface area contributed by atoms with Gasteiger partial charge in [-0.05, 0) is 49.1 Å². The number of hydrogen-bond donors (Lipinski definition) is 1. The average Bonchev–Trinajstić information content (AvgIpc) is 2.68. The average molecular weight is 355 g/mol. The Bertz CT molecular complexity index is 680. The van der Waals surface area contributed by atoms with Gasteiger partial charge in [-0.3, -0.25) is 9.78 Å². The molecule has 1 heterocycles. The Morgan fingerprint density at radius 3 is 2.42 bits per heavy atom. The Morgan fingerprint density at radius 1 is 1.12 bits per heavy atom. The maximum atomic E-state index is 12.7. The van der Waals surface area contributed by atoms with E-state index in [1.807, 2.05) is 29.2 Å². The van der Waals surface area contributed by atoms with E-state index in [4.69, 9.17) is 4.74 Å². The summed E-state index contributed by atoms with van der Waals surface area (Å²) in [6.07, 6.45) is 4.49. The molecule has 0 bridgehead atoms. The van der Waals surface area contributed by atoms with Gasteiger partial charge in [0, 0.05) is 31.5 Å². The number of benzene rings is 1. The van der Waals surface area contributed by atoms with Crippen LogP contribution in [0.2, 0.25) is 0 Å². The molecule has 0 aliphatic heterocycles. The van der Waals surface area contributed by atoms with Crippen LogP contribution < -0.4 is 10.1 Å². The fourth-order valence-corrected chi connectivity index (χ4v) is 2.82. The molecule has 0 aliphatic rings. The Hall–Kier alpha value is -2.56. The molecule has 1 aromatic carbocycles. The molecule has 5 heteroatoms. The first kappa shape index (κ1) is 19.8. The van der Waals surface area contributed by atoms with Crippen LogP contribution in [-0.2, 0) is 6.42 Å². The number of hydrogen-bond acceptors (Lipinski definition) is 4. The van der Waals surface area contributed by atoms with E-state index < -0.39 is 0 Å². The molecule has 1 N–H and O–H groups in total. The Morgan fingerprint density at radius 2 is 1.81 bits per heavy atom. The first-order valence-corrected chi connectivity index (χ1v) is 9.30. The summed E-state index contributed by atoms with van der Waals surface area (Å²) in [6, 6.07) is 11.8. The number of pyridine rings is 1. The minimum atomic E-state index is 0.00695. The Labute approximate surface area is 156 Å². The lowest BCUT2D eigenvalue weighted by Gasteiger charge is -2.21. The quantitative estimate of drug-likeness (QED) is 0.700. The molecule has 0 unspecified atom stereocenters. The summed E-state index contributed by atoms with van der Waals surface area (Å²) in [5.74, 6) is 0.871. The van der Waals surface area contributed by atoms with Crippen LogP contribution in [-0.4, -0.2) is 42.5 Å². The van der Waals surface area contributed by atoms with Crippen LogP contribution in [0.4, 0.5) is 5.69 Å². The maximum absolute atomic E-state index is 12.7. The highest BCUT2D eigenvalue weighted by Crippen LogP contribution is 2.13. The molecule has 0 aliphatic carbocycles. The standard InChI is InChI=1S/C21H29N3O2/c1-4-14-24(15-5-2)21(25)20-16-18(11-13-23-20)22-12-10-17-6-8-19(26-3)9-7-17/h6-9,11,13,16H,4-5,10,12,14-15H2,1-3H3,(H,22,23). The predicted octanol–water partition coefficient (Wildman–Crippen LogP) is 4.01. The van der Waals surface area contributed by atoms with Gasteiger partial charge >= 0.3 is 0 Å². The smallest absolute Gasteiger partial charge is 0.272 e. The number of methoxy groups -OCH3 is 1. The van der Waals surface area contributed by atoms with E-state index in [-0.39, 0.29) is 5.91 Å². The fourth-order valence-electron chi connectivity index (χ4n) is 2.82. The number of amides is 1. The fraction of sp³-hybridized carbons (Fsp3) is 0.429. The molecule has 26 heavy (non-hydrogen) atoms. The summed E-state index contributed by atoms with van der Waals surface area (Å²) in [4.78, 5) is 18.8. The summed E-state index contributed by atoms with van der Waals surface area (Å²) < 4.78 is 5.17. The van der Waals surface area contributed by atoms with Gasteiger partial charge in [-0.2, -0.15) is 0 Å². The van der Waals surface area contributed by atoms with E-state index in [2.05, 4.69) is 36.3 Å². The van der Waals surface area contributed by atoms with E-state index in [0.29, 0.717) is 5.69 Å². The number of carbonyl (C=O) groups excluding carboxylic acids is 1. The summed E-state index contributed by atoms with van der Waals surface area (Å²) in [5, 5.41) is 3.38. The summed E-state index contributed by atoms with van der Waals surface area (Å²) in [7, 11) is 1.67. The highest BCUT2D eigenvalue weighted by molar-refractivity contribution is 5.93. The van der Waals surface area contributed by atoms with Crippen molar-refractivity contribution in [1.82, 2.24) is 9.88 Å². The van der Waals surface area contributed by atoms with Crippen molar-refractivity contribution in [3.63, 3.8) is 0 Å². The minimum Gasteiger partial charge on any atom is -0.497 e. The zero-order valence-corrected chi connectivity index (χ0v) is 16.0. The van der Waals surface area contributed by atoms with Gasteiger partial charge in [0.15, 0.2) is 0 Å². The van der Waals surface area contributed by atoms with Crippen molar-refractivity contribution in [3.05, 3.63) is 53.9 Å². The molecule has 140 valence electrons. The molecule has 2 aromatic rings. The van der Waals surface area contributed by atoms with Crippen molar-refractivity contribution in [2.24, 2.45) is 0 Å². The van der Waals surface area contributed by atoms with Crippen LogP contribution in [0.3, 0.4) is 0 Å². The van der Waals surface area contributed by atoms with Gasteiger partial charge in [0.1, 0.15) is 11.4 Å². The van der Waals surface area contributed by atoms with Gasteiger partial charge in [0.05, 0.1) is 7.11 Å². The Balaban J connectivity index is 1.94. The van der Waals surface area contributed by atoms with Crippen LogP contribution in [0.1, 0.15) is 42.7 Å². The number of rotatable bonds is 10. The molecule has 0 spiro atoms. The van der Waals surface area contributed by atoms with Crippen molar-refractivity contribution in [2.75, 3.05) is 32.1 Å². The number of anilines is 1. The van der Waals surface area contributed by atoms with Crippen LogP contribution >= 0.6 is 0 Å². The van der Waals surface area contributed by atoms with Crippen LogP contribution in [0, 0.1) is 0 Å². The molecular weight excluding hydrogens is 326 g/mol. The Kier molecular flexibility index (Phi) is 7.93. The first-order chi connectivity index (χ1) is 12.7. The number of nitrogens with zero attached hydrogens (tertiary/aromatic N) is 2. The normalized spacial score (nSPS) is 10.4. The predicted molar refractivity (Wildman–Crippen MR) is 106 cm³/mol. The van der Waals surface area contributed by atoms with E-state index in [9.17, 15) is 4.79 Å². The lowest BCUT2D eigenvalue weighted by Crippen LogP contribution is -2.33.